The van der Waals surface area contributed by atoms with Gasteiger partial charge in [0.15, 0.2) is 5.82 Å². The van der Waals surface area contributed by atoms with Gasteiger partial charge in [0, 0.05) is 7.05 Å². The molecule has 0 aliphatic heterocycles. The van der Waals surface area contributed by atoms with Crippen LogP contribution in [0.1, 0.15) is 11.5 Å². The Kier molecular flexibility index (Phi) is 4.02. The third-order valence-corrected chi connectivity index (χ3v) is 4.77. The first-order valence-corrected chi connectivity index (χ1v) is 7.42. The maximum absolute atomic E-state index is 13.9. The number of nitrogens with zero attached hydrogens (tertiary/aromatic N) is 1. The van der Waals surface area contributed by atoms with Crippen molar-refractivity contribution in [2.24, 2.45) is 0 Å². The fourth-order valence-electron chi connectivity index (χ4n) is 1.79. The van der Waals surface area contributed by atoms with Crippen molar-refractivity contribution in [3.8, 4) is 0 Å². The zero-order chi connectivity index (χ0) is 15.8. The van der Waals surface area contributed by atoms with Gasteiger partial charge in [-0.05, 0) is 31.2 Å². The number of halogens is 2. The molecule has 2 N–H and O–H groups in total. The molecule has 0 atom stereocenters. The molecule has 0 bridgehead atoms. The summed E-state index contributed by atoms with van der Waals surface area (Å²) < 4.78 is 57.7. The second-order valence-electron chi connectivity index (χ2n) is 4.55. The van der Waals surface area contributed by atoms with Crippen LogP contribution in [-0.4, -0.2) is 19.8 Å². The van der Waals surface area contributed by atoms with Crippen LogP contribution in [0.5, 0.6) is 0 Å². The summed E-state index contributed by atoms with van der Waals surface area (Å²) in [7, 11) is -2.88. The highest BCUT2D eigenvalue weighted by atomic mass is 32.2. The van der Waals surface area contributed by atoms with Crippen molar-refractivity contribution in [2.75, 3.05) is 12.8 Å². The summed E-state index contributed by atoms with van der Waals surface area (Å²) >= 11 is 0. The lowest BCUT2D eigenvalue weighted by atomic mass is 10.3. The lowest BCUT2D eigenvalue weighted by molar-refractivity contribution is 0.395. The van der Waals surface area contributed by atoms with Crippen molar-refractivity contribution in [2.45, 2.75) is 18.4 Å². The van der Waals surface area contributed by atoms with Crippen molar-refractivity contribution in [1.82, 2.24) is 4.31 Å². The molecule has 2 rings (SSSR count). The second-order valence-corrected chi connectivity index (χ2v) is 6.56. The minimum Gasteiger partial charge on any atom is -0.465 e. The van der Waals surface area contributed by atoms with E-state index < -0.39 is 32.2 Å². The Morgan fingerprint density at radius 1 is 1.24 bits per heavy atom. The monoisotopic (exact) mass is 316 g/mol. The van der Waals surface area contributed by atoms with E-state index in [1.807, 2.05) is 0 Å². The van der Waals surface area contributed by atoms with Crippen LogP contribution in [0.3, 0.4) is 0 Å². The lowest BCUT2D eigenvalue weighted by Crippen LogP contribution is -2.27. The summed E-state index contributed by atoms with van der Waals surface area (Å²) in [6.07, 6.45) is 0. The third kappa shape index (κ3) is 2.91. The molecule has 5 nitrogen and oxygen atoms in total. The fourth-order valence-corrected chi connectivity index (χ4v) is 3.00. The van der Waals surface area contributed by atoms with E-state index in [-0.39, 0.29) is 6.54 Å². The second kappa shape index (κ2) is 5.45. The van der Waals surface area contributed by atoms with Crippen LogP contribution in [0.25, 0.3) is 0 Å². The molecule has 0 amide bonds. The van der Waals surface area contributed by atoms with E-state index in [1.165, 1.54) is 7.05 Å². The van der Waals surface area contributed by atoms with Crippen LogP contribution in [-0.2, 0) is 16.6 Å². The maximum atomic E-state index is 13.9. The molecule has 1 aromatic heterocycles. The van der Waals surface area contributed by atoms with Gasteiger partial charge >= 0.3 is 0 Å². The average molecular weight is 316 g/mol. The predicted octanol–water partition coefficient (Wildman–Crippen LogP) is 2.27. The molecule has 114 valence electrons. The molecule has 0 unspecified atom stereocenters. The van der Waals surface area contributed by atoms with E-state index in [4.69, 9.17) is 10.2 Å². The summed E-state index contributed by atoms with van der Waals surface area (Å²) in [6, 6.07) is 4.97. The summed E-state index contributed by atoms with van der Waals surface area (Å²) in [5.41, 5.74) is 4.36. The first-order valence-electron chi connectivity index (χ1n) is 5.98. The first kappa shape index (κ1) is 15.5. The summed E-state index contributed by atoms with van der Waals surface area (Å²) in [6.45, 7) is 1.64. The van der Waals surface area contributed by atoms with Gasteiger partial charge in [0.05, 0.1) is 6.54 Å². The lowest BCUT2D eigenvalue weighted by Gasteiger charge is -2.17. The molecule has 0 saturated heterocycles. The highest BCUT2D eigenvalue weighted by Crippen LogP contribution is 2.25. The standard InChI is InChI=1S/C13H14F2N2O3S/c1-8-3-4-9(20-8)7-17(2)21(18,19)11-6-5-10(14)13(16)12(11)15/h3-6H,7,16H2,1-2H3. The Labute approximate surface area is 121 Å². The van der Waals surface area contributed by atoms with Gasteiger partial charge in [-0.25, -0.2) is 17.2 Å². The largest absolute Gasteiger partial charge is 0.465 e. The fraction of sp³-hybridized carbons (Fsp3) is 0.231. The number of nitrogens with two attached hydrogens (primary N) is 1. The van der Waals surface area contributed by atoms with E-state index in [0.29, 0.717) is 11.5 Å². The van der Waals surface area contributed by atoms with E-state index in [2.05, 4.69) is 0 Å². The SMILES string of the molecule is Cc1ccc(CN(C)S(=O)(=O)c2ccc(F)c(N)c2F)o1. The molecule has 8 heteroatoms. The van der Waals surface area contributed by atoms with Crippen molar-refractivity contribution in [1.29, 1.82) is 0 Å². The van der Waals surface area contributed by atoms with Crippen molar-refractivity contribution in [3.63, 3.8) is 0 Å². The minimum atomic E-state index is -4.15. The molecule has 0 saturated carbocycles. The first-order chi connectivity index (χ1) is 9.73. The highest BCUT2D eigenvalue weighted by Gasteiger charge is 2.27. The number of furan rings is 1. The maximum Gasteiger partial charge on any atom is 0.246 e. The Hall–Kier alpha value is -1.93. The van der Waals surface area contributed by atoms with E-state index in [0.717, 1.165) is 16.4 Å². The molecule has 0 fully saturated rings. The number of anilines is 1. The molecule has 0 radical (unpaired) electrons. The quantitative estimate of drug-likeness (QED) is 0.878. The summed E-state index contributed by atoms with van der Waals surface area (Å²) in [5, 5.41) is 0. The molecule has 0 aliphatic rings. The zero-order valence-electron chi connectivity index (χ0n) is 11.4. The van der Waals surface area contributed by atoms with E-state index >= 15 is 0 Å². The van der Waals surface area contributed by atoms with Gasteiger partial charge in [0.25, 0.3) is 0 Å². The van der Waals surface area contributed by atoms with Crippen molar-refractivity contribution < 1.29 is 21.6 Å². The minimum absolute atomic E-state index is 0.0765. The number of hydrogen-bond donors (Lipinski definition) is 1. The van der Waals surface area contributed by atoms with Crippen molar-refractivity contribution in [3.05, 3.63) is 47.4 Å². The highest BCUT2D eigenvalue weighted by molar-refractivity contribution is 7.89. The molecular weight excluding hydrogens is 302 g/mol. The molecule has 0 spiro atoms. The molecule has 0 aliphatic carbocycles. The van der Waals surface area contributed by atoms with Gasteiger partial charge in [-0.1, -0.05) is 0 Å². The number of benzene rings is 1. The van der Waals surface area contributed by atoms with Gasteiger partial charge in [0.1, 0.15) is 27.9 Å². The molecular formula is C13H14F2N2O3S. The van der Waals surface area contributed by atoms with Gasteiger partial charge in [0.2, 0.25) is 10.0 Å². The van der Waals surface area contributed by atoms with Crippen LogP contribution < -0.4 is 5.73 Å². The number of hydrogen-bond acceptors (Lipinski definition) is 4. The zero-order valence-corrected chi connectivity index (χ0v) is 12.2. The van der Waals surface area contributed by atoms with E-state index in [1.54, 1.807) is 19.1 Å². The molecule has 1 heterocycles. The molecule has 2 aromatic rings. The van der Waals surface area contributed by atoms with Gasteiger partial charge in [-0.2, -0.15) is 4.31 Å². The molecule has 21 heavy (non-hydrogen) atoms. The predicted molar refractivity (Wildman–Crippen MR) is 72.9 cm³/mol. The third-order valence-electron chi connectivity index (χ3n) is 2.95. The summed E-state index contributed by atoms with van der Waals surface area (Å²) in [5.74, 6) is -1.25. The Morgan fingerprint density at radius 2 is 1.90 bits per heavy atom. The van der Waals surface area contributed by atoms with Crippen LogP contribution in [0.15, 0.2) is 33.6 Å². The Bertz CT molecular complexity index is 772. The molecule has 1 aromatic carbocycles. The van der Waals surface area contributed by atoms with Crippen molar-refractivity contribution >= 4 is 15.7 Å². The summed E-state index contributed by atoms with van der Waals surface area (Å²) in [4.78, 5) is -0.674. The Morgan fingerprint density at radius 3 is 2.48 bits per heavy atom. The van der Waals surface area contributed by atoms with Gasteiger partial charge in [-0.3, -0.25) is 0 Å². The Balaban J connectivity index is 2.35. The smallest absolute Gasteiger partial charge is 0.246 e. The normalized spacial score (nSPS) is 12.0. The number of aryl methyl sites for hydroxylation is 1. The van der Waals surface area contributed by atoms with Crippen LogP contribution in [0.2, 0.25) is 0 Å². The average Bonchev–Trinajstić information content (AvgIpc) is 2.81. The van der Waals surface area contributed by atoms with Gasteiger partial charge < -0.3 is 10.2 Å². The van der Waals surface area contributed by atoms with Crippen LogP contribution in [0, 0.1) is 18.6 Å². The van der Waals surface area contributed by atoms with Crippen LogP contribution >= 0.6 is 0 Å². The van der Waals surface area contributed by atoms with Gasteiger partial charge in [-0.15, -0.1) is 0 Å². The van der Waals surface area contributed by atoms with E-state index in [9.17, 15) is 17.2 Å². The van der Waals surface area contributed by atoms with Crippen LogP contribution in [0.4, 0.5) is 14.5 Å². The number of rotatable bonds is 4. The number of sulfonamides is 1. The topological polar surface area (TPSA) is 76.5 Å². The number of nitrogen functional groups attached to an aromatic ring is 1.